The molecule has 0 amide bonds. The van der Waals surface area contributed by atoms with Crippen molar-refractivity contribution >= 4 is 39.5 Å². The molecule has 138 valence electrons. The van der Waals surface area contributed by atoms with Crippen molar-refractivity contribution in [1.29, 1.82) is 0 Å². The average Bonchev–Trinajstić information content (AvgIpc) is 2.97. The van der Waals surface area contributed by atoms with Gasteiger partial charge >= 0.3 is 0 Å². The maximum Gasteiger partial charge on any atom is 0.128 e. The van der Waals surface area contributed by atoms with Crippen molar-refractivity contribution in [2.75, 3.05) is 24.6 Å². The molecule has 1 aromatic carbocycles. The molecule has 3 saturated heterocycles. The van der Waals surface area contributed by atoms with Gasteiger partial charge in [-0.1, -0.05) is 15.9 Å². The summed E-state index contributed by atoms with van der Waals surface area (Å²) >= 11 is 7.05. The third kappa shape index (κ3) is 3.31. The van der Waals surface area contributed by atoms with Gasteiger partial charge in [-0.3, -0.25) is 0 Å². The SMILES string of the molecule is OC1(C2(c3cc(Br)ccc3F)SCCCS2)CCCN2CCCC2C1. The average molecular weight is 446 g/mol. The Morgan fingerprint density at radius 2 is 1.92 bits per heavy atom. The molecule has 3 heterocycles. The van der Waals surface area contributed by atoms with Gasteiger partial charge in [0, 0.05) is 16.1 Å². The molecule has 0 aromatic heterocycles. The van der Waals surface area contributed by atoms with Gasteiger partial charge in [0.1, 0.15) is 9.90 Å². The second-order valence-corrected chi connectivity index (χ2v) is 11.3. The van der Waals surface area contributed by atoms with Crippen LogP contribution in [0.4, 0.5) is 4.39 Å². The lowest BCUT2D eigenvalue weighted by Gasteiger charge is -2.49. The van der Waals surface area contributed by atoms with Gasteiger partial charge in [0.15, 0.2) is 0 Å². The van der Waals surface area contributed by atoms with E-state index in [1.54, 1.807) is 35.7 Å². The molecule has 3 aliphatic heterocycles. The van der Waals surface area contributed by atoms with Crippen LogP contribution in [-0.4, -0.2) is 46.2 Å². The summed E-state index contributed by atoms with van der Waals surface area (Å²) in [5.74, 6) is 1.77. The number of aliphatic hydroxyl groups is 1. The highest BCUT2D eigenvalue weighted by atomic mass is 79.9. The number of nitrogens with zero attached hydrogens (tertiary/aromatic N) is 1. The lowest BCUT2D eigenvalue weighted by molar-refractivity contribution is 0.00200. The number of fused-ring (bicyclic) bond motifs is 1. The fraction of sp³-hybridized carbons (Fsp3) is 0.684. The van der Waals surface area contributed by atoms with Gasteiger partial charge in [0.25, 0.3) is 0 Å². The number of benzene rings is 1. The molecular weight excluding hydrogens is 421 g/mol. The Hall–Kier alpha value is 0.250. The van der Waals surface area contributed by atoms with Crippen molar-refractivity contribution in [3.63, 3.8) is 0 Å². The van der Waals surface area contributed by atoms with E-state index in [-0.39, 0.29) is 5.82 Å². The summed E-state index contributed by atoms with van der Waals surface area (Å²) in [6, 6.07) is 5.64. The first-order valence-electron chi connectivity index (χ1n) is 9.24. The third-order valence-electron chi connectivity index (χ3n) is 5.90. The zero-order valence-corrected chi connectivity index (χ0v) is 17.6. The smallest absolute Gasteiger partial charge is 0.128 e. The molecule has 0 aliphatic carbocycles. The molecule has 4 rings (SSSR count). The van der Waals surface area contributed by atoms with Crippen LogP contribution in [0.5, 0.6) is 0 Å². The summed E-state index contributed by atoms with van der Waals surface area (Å²) in [4.78, 5) is 2.54. The minimum absolute atomic E-state index is 0.189. The summed E-state index contributed by atoms with van der Waals surface area (Å²) < 4.78 is 15.2. The number of hydrogen-bond donors (Lipinski definition) is 1. The first kappa shape index (κ1) is 18.6. The normalized spacial score (nSPS) is 33.0. The fourth-order valence-corrected chi connectivity index (χ4v) is 8.80. The third-order valence-corrected chi connectivity index (χ3v) is 10.1. The summed E-state index contributed by atoms with van der Waals surface area (Å²) in [6.45, 7) is 2.22. The maximum atomic E-state index is 14.9. The van der Waals surface area contributed by atoms with Gasteiger partial charge in [-0.25, -0.2) is 4.39 Å². The van der Waals surface area contributed by atoms with E-state index >= 15 is 0 Å². The van der Waals surface area contributed by atoms with Crippen LogP contribution in [0.25, 0.3) is 0 Å². The van der Waals surface area contributed by atoms with Crippen molar-refractivity contribution in [2.45, 2.75) is 54.2 Å². The zero-order chi connectivity index (χ0) is 17.5. The predicted octanol–water partition coefficient (Wildman–Crippen LogP) is 4.99. The highest BCUT2D eigenvalue weighted by Gasteiger charge is 2.56. The Morgan fingerprint density at radius 3 is 2.72 bits per heavy atom. The summed E-state index contributed by atoms with van der Waals surface area (Å²) in [7, 11) is 0. The Labute approximate surface area is 166 Å². The molecule has 0 spiro atoms. The molecule has 6 heteroatoms. The monoisotopic (exact) mass is 445 g/mol. The minimum atomic E-state index is -0.867. The van der Waals surface area contributed by atoms with E-state index < -0.39 is 9.68 Å². The van der Waals surface area contributed by atoms with Gasteiger partial charge in [-0.05, 0) is 81.3 Å². The summed E-state index contributed by atoms with van der Waals surface area (Å²) in [5, 5.41) is 12.0. The van der Waals surface area contributed by atoms with Crippen LogP contribution in [0.1, 0.15) is 44.1 Å². The molecule has 0 bridgehead atoms. The molecular formula is C19H25BrFNOS2. The number of rotatable bonds is 2. The number of hydrogen-bond acceptors (Lipinski definition) is 4. The summed E-state index contributed by atoms with van der Waals surface area (Å²) in [6.07, 6.45) is 6.02. The molecule has 0 radical (unpaired) electrons. The molecule has 0 saturated carbocycles. The first-order chi connectivity index (χ1) is 12.0. The lowest BCUT2D eigenvalue weighted by atomic mass is 9.83. The van der Waals surface area contributed by atoms with Crippen molar-refractivity contribution < 1.29 is 9.50 Å². The van der Waals surface area contributed by atoms with Crippen LogP contribution in [-0.2, 0) is 4.08 Å². The predicted molar refractivity (Wildman–Crippen MR) is 109 cm³/mol. The van der Waals surface area contributed by atoms with Crippen molar-refractivity contribution in [2.24, 2.45) is 0 Å². The van der Waals surface area contributed by atoms with Gasteiger partial charge in [-0.15, -0.1) is 23.5 Å². The Morgan fingerprint density at radius 1 is 1.16 bits per heavy atom. The fourth-order valence-electron chi connectivity index (χ4n) is 4.74. The maximum absolute atomic E-state index is 14.9. The van der Waals surface area contributed by atoms with Crippen LogP contribution in [0, 0.1) is 5.82 Å². The zero-order valence-electron chi connectivity index (χ0n) is 14.3. The van der Waals surface area contributed by atoms with Gasteiger partial charge < -0.3 is 10.0 Å². The van der Waals surface area contributed by atoms with Crippen molar-refractivity contribution in [1.82, 2.24) is 4.90 Å². The van der Waals surface area contributed by atoms with E-state index in [1.807, 2.05) is 6.07 Å². The molecule has 3 fully saturated rings. The van der Waals surface area contributed by atoms with E-state index in [4.69, 9.17) is 0 Å². The Balaban J connectivity index is 1.78. The summed E-state index contributed by atoms with van der Waals surface area (Å²) in [5.41, 5.74) is -0.195. The topological polar surface area (TPSA) is 23.5 Å². The molecule has 25 heavy (non-hydrogen) atoms. The van der Waals surface area contributed by atoms with E-state index in [1.165, 1.54) is 6.42 Å². The van der Waals surface area contributed by atoms with Crippen LogP contribution in [0.2, 0.25) is 0 Å². The van der Waals surface area contributed by atoms with Crippen LogP contribution in [0.15, 0.2) is 22.7 Å². The van der Waals surface area contributed by atoms with E-state index in [0.717, 1.165) is 61.2 Å². The van der Waals surface area contributed by atoms with Crippen LogP contribution in [0.3, 0.4) is 0 Å². The van der Waals surface area contributed by atoms with Crippen molar-refractivity contribution in [3.8, 4) is 0 Å². The first-order valence-corrected chi connectivity index (χ1v) is 12.0. The van der Waals surface area contributed by atoms with Gasteiger partial charge in [0.05, 0.1) is 5.60 Å². The number of thioether (sulfide) groups is 2. The van der Waals surface area contributed by atoms with E-state index in [9.17, 15) is 9.50 Å². The van der Waals surface area contributed by atoms with Crippen LogP contribution < -0.4 is 0 Å². The minimum Gasteiger partial charge on any atom is -0.387 e. The molecule has 2 nitrogen and oxygen atoms in total. The second-order valence-electron chi connectivity index (χ2n) is 7.46. The van der Waals surface area contributed by atoms with Crippen molar-refractivity contribution in [3.05, 3.63) is 34.1 Å². The highest BCUT2D eigenvalue weighted by molar-refractivity contribution is 9.10. The van der Waals surface area contributed by atoms with Crippen LogP contribution >= 0.6 is 39.5 Å². The highest BCUT2D eigenvalue weighted by Crippen LogP contribution is 2.61. The molecule has 2 unspecified atom stereocenters. The Bertz CT molecular complexity index is 640. The largest absolute Gasteiger partial charge is 0.387 e. The quantitative estimate of drug-likeness (QED) is 0.692. The van der Waals surface area contributed by atoms with Gasteiger partial charge in [0.2, 0.25) is 0 Å². The van der Waals surface area contributed by atoms with E-state index in [2.05, 4.69) is 20.8 Å². The second kappa shape index (κ2) is 7.34. The molecule has 3 aliphatic rings. The lowest BCUT2D eigenvalue weighted by Crippen LogP contribution is -2.51. The molecule has 1 aromatic rings. The van der Waals surface area contributed by atoms with Gasteiger partial charge in [-0.2, -0.15) is 0 Å². The molecule has 1 N–H and O–H groups in total. The number of halogens is 2. The molecule has 2 atom stereocenters. The van der Waals surface area contributed by atoms with E-state index in [0.29, 0.717) is 11.6 Å². The standard InChI is InChI=1S/C19H25BrFNOS2/c20-14-5-6-17(21)16(12-14)19(24-10-3-11-25-19)18(23)7-2-9-22-8-1-4-15(22)13-18/h5-6,12,15,23H,1-4,7-11,13H2. The Kier molecular flexibility index (Phi) is 5.47.